The average molecular weight is 209 g/mol. The number of thiazole rings is 1. The second-order valence-corrected chi connectivity index (χ2v) is 4.73. The summed E-state index contributed by atoms with van der Waals surface area (Å²) >= 11 is 1.76. The molecule has 0 spiro atoms. The van der Waals surface area contributed by atoms with Crippen LogP contribution in [0.2, 0.25) is 0 Å². The van der Waals surface area contributed by atoms with Crippen molar-refractivity contribution in [3.8, 4) is 0 Å². The Bertz CT molecular complexity index is 322. The SMILES string of the molecule is CCc1csc(C2CCC(=O)CC2)n1. The number of carbonyl (C=O) groups is 1. The fourth-order valence-corrected chi connectivity index (χ4v) is 2.93. The molecule has 1 aliphatic rings. The van der Waals surface area contributed by atoms with Crippen LogP contribution < -0.4 is 0 Å². The van der Waals surface area contributed by atoms with Gasteiger partial charge in [-0.1, -0.05) is 6.92 Å². The first-order chi connectivity index (χ1) is 6.79. The van der Waals surface area contributed by atoms with Crippen LogP contribution in [0.15, 0.2) is 5.38 Å². The van der Waals surface area contributed by atoms with Gasteiger partial charge in [-0.15, -0.1) is 11.3 Å². The van der Waals surface area contributed by atoms with E-state index in [0.29, 0.717) is 11.7 Å². The zero-order valence-electron chi connectivity index (χ0n) is 8.45. The Balaban J connectivity index is 2.04. The molecule has 1 saturated carbocycles. The molecule has 0 atom stereocenters. The van der Waals surface area contributed by atoms with Crippen LogP contribution in [-0.2, 0) is 11.2 Å². The van der Waals surface area contributed by atoms with Crippen LogP contribution in [0.1, 0.15) is 49.2 Å². The Morgan fingerprint density at radius 3 is 2.79 bits per heavy atom. The lowest BCUT2D eigenvalue weighted by Gasteiger charge is -2.18. The van der Waals surface area contributed by atoms with E-state index in [9.17, 15) is 4.79 Å². The molecule has 2 nitrogen and oxygen atoms in total. The van der Waals surface area contributed by atoms with Crippen LogP contribution in [0.25, 0.3) is 0 Å². The number of hydrogen-bond acceptors (Lipinski definition) is 3. The van der Waals surface area contributed by atoms with Crippen LogP contribution in [0.3, 0.4) is 0 Å². The molecule has 1 fully saturated rings. The lowest BCUT2D eigenvalue weighted by molar-refractivity contribution is -0.120. The van der Waals surface area contributed by atoms with Crippen molar-refractivity contribution < 1.29 is 4.79 Å². The molecule has 0 bridgehead atoms. The van der Waals surface area contributed by atoms with E-state index in [1.165, 1.54) is 10.7 Å². The van der Waals surface area contributed by atoms with Crippen LogP contribution in [-0.4, -0.2) is 10.8 Å². The molecule has 0 amide bonds. The maximum Gasteiger partial charge on any atom is 0.132 e. The van der Waals surface area contributed by atoms with Crippen molar-refractivity contribution in [1.82, 2.24) is 4.98 Å². The molecule has 3 heteroatoms. The summed E-state index contributed by atoms with van der Waals surface area (Å²) in [5.74, 6) is 0.978. The highest BCUT2D eigenvalue weighted by atomic mass is 32.1. The van der Waals surface area contributed by atoms with Gasteiger partial charge < -0.3 is 0 Å². The minimum absolute atomic E-state index is 0.425. The molecule has 0 aromatic carbocycles. The molecule has 0 unspecified atom stereocenters. The van der Waals surface area contributed by atoms with Gasteiger partial charge in [0.1, 0.15) is 5.78 Å². The zero-order valence-corrected chi connectivity index (χ0v) is 9.27. The van der Waals surface area contributed by atoms with Crippen molar-refractivity contribution in [2.75, 3.05) is 0 Å². The van der Waals surface area contributed by atoms with Gasteiger partial charge in [-0.2, -0.15) is 0 Å². The van der Waals surface area contributed by atoms with Gasteiger partial charge in [0, 0.05) is 24.1 Å². The topological polar surface area (TPSA) is 30.0 Å². The molecule has 2 rings (SSSR count). The summed E-state index contributed by atoms with van der Waals surface area (Å²) in [7, 11) is 0. The van der Waals surface area contributed by atoms with Gasteiger partial charge in [0.05, 0.1) is 10.7 Å². The van der Waals surface area contributed by atoms with Crippen LogP contribution in [0.5, 0.6) is 0 Å². The van der Waals surface area contributed by atoms with Gasteiger partial charge in [-0.3, -0.25) is 4.79 Å². The maximum atomic E-state index is 11.1. The summed E-state index contributed by atoms with van der Waals surface area (Å²) in [6, 6.07) is 0. The highest BCUT2D eigenvalue weighted by molar-refractivity contribution is 7.09. The van der Waals surface area contributed by atoms with Crippen molar-refractivity contribution >= 4 is 17.1 Å². The quantitative estimate of drug-likeness (QED) is 0.749. The Hall–Kier alpha value is -0.700. The monoisotopic (exact) mass is 209 g/mol. The van der Waals surface area contributed by atoms with E-state index >= 15 is 0 Å². The van der Waals surface area contributed by atoms with Gasteiger partial charge in [0.15, 0.2) is 0 Å². The summed E-state index contributed by atoms with van der Waals surface area (Å²) in [5, 5.41) is 3.39. The first-order valence-corrected chi connectivity index (χ1v) is 6.13. The fourth-order valence-electron chi connectivity index (χ4n) is 1.86. The third-order valence-corrected chi connectivity index (χ3v) is 3.88. The third kappa shape index (κ3) is 2.03. The standard InChI is InChI=1S/C11H15NOS/c1-2-9-7-14-11(12-9)8-3-5-10(13)6-4-8/h7-8H,2-6H2,1H3. The fraction of sp³-hybridized carbons (Fsp3) is 0.636. The van der Waals surface area contributed by atoms with Crippen LogP contribution in [0.4, 0.5) is 0 Å². The van der Waals surface area contributed by atoms with Gasteiger partial charge in [-0.05, 0) is 19.3 Å². The second-order valence-electron chi connectivity index (χ2n) is 3.84. The normalized spacial score (nSPS) is 18.8. The lowest BCUT2D eigenvalue weighted by Crippen LogP contribution is -2.12. The largest absolute Gasteiger partial charge is 0.300 e. The van der Waals surface area contributed by atoms with Crippen molar-refractivity contribution in [1.29, 1.82) is 0 Å². The summed E-state index contributed by atoms with van der Waals surface area (Å²) in [5.41, 5.74) is 1.20. The molecule has 0 N–H and O–H groups in total. The predicted octanol–water partition coefficient (Wildman–Crippen LogP) is 2.93. The summed E-state index contributed by atoms with van der Waals surface area (Å²) < 4.78 is 0. The number of aryl methyl sites for hydroxylation is 1. The van der Waals surface area contributed by atoms with E-state index in [1.807, 2.05) is 0 Å². The molecule has 1 aliphatic carbocycles. The van der Waals surface area contributed by atoms with E-state index in [-0.39, 0.29) is 0 Å². The number of aromatic nitrogens is 1. The van der Waals surface area contributed by atoms with Crippen molar-refractivity contribution in [3.63, 3.8) is 0 Å². The highest BCUT2D eigenvalue weighted by Gasteiger charge is 2.22. The first kappa shape index (κ1) is 9.84. The molecule has 1 aromatic heterocycles. The molecule has 14 heavy (non-hydrogen) atoms. The number of nitrogens with zero attached hydrogens (tertiary/aromatic N) is 1. The van der Waals surface area contributed by atoms with Gasteiger partial charge in [-0.25, -0.2) is 4.98 Å². The van der Waals surface area contributed by atoms with Crippen molar-refractivity contribution in [2.45, 2.75) is 44.9 Å². The number of hydrogen-bond donors (Lipinski definition) is 0. The predicted molar refractivity (Wildman–Crippen MR) is 57.7 cm³/mol. The number of ketones is 1. The van der Waals surface area contributed by atoms with E-state index in [1.54, 1.807) is 11.3 Å². The summed E-state index contributed by atoms with van der Waals surface area (Å²) in [6.07, 6.45) is 4.55. The van der Waals surface area contributed by atoms with Gasteiger partial charge in [0.25, 0.3) is 0 Å². The van der Waals surface area contributed by atoms with Crippen LogP contribution >= 0.6 is 11.3 Å². The second kappa shape index (κ2) is 4.22. The molecule has 1 heterocycles. The first-order valence-electron chi connectivity index (χ1n) is 5.25. The molecular weight excluding hydrogens is 194 g/mol. The average Bonchev–Trinajstić information content (AvgIpc) is 2.67. The summed E-state index contributed by atoms with van der Waals surface area (Å²) in [4.78, 5) is 15.7. The van der Waals surface area contributed by atoms with Gasteiger partial charge >= 0.3 is 0 Å². The van der Waals surface area contributed by atoms with E-state index in [4.69, 9.17) is 0 Å². The van der Waals surface area contributed by atoms with E-state index in [2.05, 4.69) is 17.3 Å². The Morgan fingerprint density at radius 2 is 2.21 bits per heavy atom. The zero-order chi connectivity index (χ0) is 9.97. The van der Waals surface area contributed by atoms with Crippen LogP contribution in [0, 0.1) is 0 Å². The Morgan fingerprint density at radius 1 is 1.50 bits per heavy atom. The summed E-state index contributed by atoms with van der Waals surface area (Å²) in [6.45, 7) is 2.13. The molecular formula is C11H15NOS. The van der Waals surface area contributed by atoms with E-state index < -0.39 is 0 Å². The molecule has 1 aromatic rings. The third-order valence-electron chi connectivity index (χ3n) is 2.82. The minimum atomic E-state index is 0.425. The molecule has 76 valence electrons. The Kier molecular flexibility index (Phi) is 2.96. The molecule has 0 aliphatic heterocycles. The van der Waals surface area contributed by atoms with E-state index in [0.717, 1.165) is 32.1 Å². The Labute approximate surface area is 88.4 Å². The number of rotatable bonds is 2. The molecule has 0 saturated heterocycles. The smallest absolute Gasteiger partial charge is 0.132 e. The number of Topliss-reactive ketones (excluding diaryl/α,β-unsaturated/α-hetero) is 1. The number of carbonyl (C=O) groups excluding carboxylic acids is 1. The van der Waals surface area contributed by atoms with Crippen molar-refractivity contribution in [3.05, 3.63) is 16.1 Å². The minimum Gasteiger partial charge on any atom is -0.300 e. The highest BCUT2D eigenvalue weighted by Crippen LogP contribution is 2.32. The maximum absolute atomic E-state index is 11.1. The molecule has 0 radical (unpaired) electrons. The van der Waals surface area contributed by atoms with Gasteiger partial charge in [0.2, 0.25) is 0 Å². The van der Waals surface area contributed by atoms with Crippen molar-refractivity contribution in [2.24, 2.45) is 0 Å². The lowest BCUT2D eigenvalue weighted by atomic mass is 9.89.